The van der Waals surface area contributed by atoms with Gasteiger partial charge < -0.3 is 14.2 Å². The van der Waals surface area contributed by atoms with Crippen LogP contribution in [0.25, 0.3) is 0 Å². The van der Waals surface area contributed by atoms with Gasteiger partial charge in [0.05, 0.1) is 11.3 Å². The molecular formula is C7H15O4P. The van der Waals surface area contributed by atoms with E-state index in [4.69, 9.17) is 9.05 Å². The molecule has 1 aliphatic carbocycles. The van der Waals surface area contributed by atoms with Crippen LogP contribution in [0.5, 0.6) is 0 Å². The third-order valence-corrected chi connectivity index (χ3v) is 4.58. The highest BCUT2D eigenvalue weighted by Gasteiger charge is 2.49. The molecule has 0 saturated heterocycles. The molecule has 0 atom stereocenters. The van der Waals surface area contributed by atoms with Crippen molar-refractivity contribution < 1.29 is 18.7 Å². The van der Waals surface area contributed by atoms with Crippen molar-refractivity contribution >= 4 is 7.60 Å². The Hall–Kier alpha value is 0.110. The van der Waals surface area contributed by atoms with E-state index in [1.165, 1.54) is 14.2 Å². The van der Waals surface area contributed by atoms with Crippen LogP contribution >= 0.6 is 7.60 Å². The Bertz CT molecular complexity index is 197. The fourth-order valence-corrected chi connectivity index (χ4v) is 3.53. The second kappa shape index (κ2) is 3.11. The average Bonchev–Trinajstić information content (AvgIpc) is 1.99. The van der Waals surface area contributed by atoms with Crippen molar-refractivity contribution in [3.63, 3.8) is 0 Å². The van der Waals surface area contributed by atoms with Gasteiger partial charge in [-0.15, -0.1) is 0 Å². The molecule has 0 aromatic rings. The highest BCUT2D eigenvalue weighted by molar-refractivity contribution is 7.54. The van der Waals surface area contributed by atoms with E-state index in [2.05, 4.69) is 0 Å². The van der Waals surface area contributed by atoms with Gasteiger partial charge in [0.2, 0.25) is 0 Å². The predicted molar refractivity (Wildman–Crippen MR) is 45.3 cm³/mol. The molecule has 1 fully saturated rings. The van der Waals surface area contributed by atoms with E-state index in [-0.39, 0.29) is 5.66 Å². The molecule has 1 N–H and O–H groups in total. The zero-order valence-corrected chi connectivity index (χ0v) is 8.51. The third kappa shape index (κ3) is 1.72. The Balaban J connectivity index is 2.56. The summed E-state index contributed by atoms with van der Waals surface area (Å²) in [6, 6.07) is 0. The summed E-state index contributed by atoms with van der Waals surface area (Å²) in [4.78, 5) is 0. The van der Waals surface area contributed by atoms with Crippen LogP contribution in [-0.4, -0.2) is 30.6 Å². The zero-order chi connectivity index (χ0) is 9.41. The first-order valence-electron chi connectivity index (χ1n) is 3.87. The highest BCUT2D eigenvalue weighted by Crippen LogP contribution is 2.60. The van der Waals surface area contributed by atoms with Crippen LogP contribution in [-0.2, 0) is 13.6 Å². The molecule has 0 spiro atoms. The molecular weight excluding hydrogens is 179 g/mol. The molecule has 0 unspecified atom stereocenters. The maximum atomic E-state index is 11.7. The zero-order valence-electron chi connectivity index (χ0n) is 7.61. The molecule has 12 heavy (non-hydrogen) atoms. The number of rotatable bonds is 3. The lowest BCUT2D eigenvalue weighted by atomic mass is 9.82. The van der Waals surface area contributed by atoms with E-state index in [0.717, 1.165) is 0 Å². The van der Waals surface area contributed by atoms with Crippen molar-refractivity contribution in [2.24, 2.45) is 0 Å². The molecule has 1 aliphatic rings. The van der Waals surface area contributed by atoms with Crippen molar-refractivity contribution in [3.8, 4) is 0 Å². The van der Waals surface area contributed by atoms with Gasteiger partial charge in [0, 0.05) is 14.2 Å². The summed E-state index contributed by atoms with van der Waals surface area (Å²) in [5.74, 6) is 0. The number of aliphatic hydroxyl groups is 1. The smallest absolute Gasteiger partial charge is 0.333 e. The van der Waals surface area contributed by atoms with Crippen LogP contribution in [0.1, 0.15) is 19.8 Å². The molecule has 0 radical (unpaired) electrons. The lowest BCUT2D eigenvalue weighted by Gasteiger charge is -2.42. The van der Waals surface area contributed by atoms with Crippen LogP contribution in [0.4, 0.5) is 0 Å². The summed E-state index contributed by atoms with van der Waals surface area (Å²) < 4.78 is 21.3. The second-order valence-electron chi connectivity index (χ2n) is 3.46. The molecule has 0 amide bonds. The van der Waals surface area contributed by atoms with E-state index < -0.39 is 13.2 Å². The number of hydrogen-bond donors (Lipinski definition) is 1. The van der Waals surface area contributed by atoms with Gasteiger partial charge in [-0.3, -0.25) is 4.57 Å². The summed E-state index contributed by atoms with van der Waals surface area (Å²) in [5, 5.41) is 9.41. The minimum Gasteiger partial charge on any atom is -0.390 e. The van der Waals surface area contributed by atoms with Crippen LogP contribution in [0, 0.1) is 0 Å². The van der Waals surface area contributed by atoms with Crippen molar-refractivity contribution in [1.82, 2.24) is 0 Å². The SMILES string of the molecule is COP(=O)(OC)C1CC(C)(O)C1. The third-order valence-electron chi connectivity index (χ3n) is 2.31. The van der Waals surface area contributed by atoms with Crippen molar-refractivity contribution in [3.05, 3.63) is 0 Å². The average molecular weight is 194 g/mol. The normalized spacial score (nSPS) is 36.2. The minimum atomic E-state index is -2.93. The predicted octanol–water partition coefficient (Wildman–Crippen LogP) is 1.39. The van der Waals surface area contributed by atoms with Gasteiger partial charge in [0.1, 0.15) is 0 Å². The van der Waals surface area contributed by atoms with E-state index in [1.807, 2.05) is 0 Å². The largest absolute Gasteiger partial charge is 0.390 e. The summed E-state index contributed by atoms with van der Waals surface area (Å²) in [5.41, 5.74) is -0.820. The molecule has 1 rings (SSSR count). The van der Waals surface area contributed by atoms with Crippen LogP contribution in [0.3, 0.4) is 0 Å². The molecule has 1 saturated carbocycles. The fourth-order valence-electron chi connectivity index (χ4n) is 1.55. The topological polar surface area (TPSA) is 55.8 Å². The van der Waals surface area contributed by atoms with Gasteiger partial charge in [-0.1, -0.05) is 0 Å². The molecule has 5 heteroatoms. The molecule has 0 aromatic carbocycles. The van der Waals surface area contributed by atoms with Gasteiger partial charge in [0.25, 0.3) is 0 Å². The lowest BCUT2D eigenvalue weighted by molar-refractivity contribution is -0.0182. The van der Waals surface area contributed by atoms with Crippen molar-refractivity contribution in [1.29, 1.82) is 0 Å². The second-order valence-corrected chi connectivity index (χ2v) is 6.00. The Labute approximate surface area is 72.4 Å². The minimum absolute atomic E-state index is 0.137. The molecule has 0 aromatic heterocycles. The Morgan fingerprint density at radius 3 is 2.08 bits per heavy atom. The lowest BCUT2D eigenvalue weighted by Crippen LogP contribution is -2.44. The van der Waals surface area contributed by atoms with Crippen molar-refractivity contribution in [2.75, 3.05) is 14.2 Å². The Morgan fingerprint density at radius 2 is 1.83 bits per heavy atom. The first-order valence-corrected chi connectivity index (χ1v) is 5.48. The summed E-state index contributed by atoms with van der Waals surface area (Å²) in [6.07, 6.45) is 0.984. The molecule has 0 heterocycles. The Morgan fingerprint density at radius 1 is 1.42 bits per heavy atom. The maximum absolute atomic E-state index is 11.7. The van der Waals surface area contributed by atoms with Crippen molar-refractivity contribution in [2.45, 2.75) is 31.0 Å². The molecule has 0 aliphatic heterocycles. The van der Waals surface area contributed by atoms with Crippen LogP contribution in [0.15, 0.2) is 0 Å². The van der Waals surface area contributed by atoms with Crippen LogP contribution < -0.4 is 0 Å². The molecule has 0 bridgehead atoms. The Kier molecular flexibility index (Phi) is 2.64. The van der Waals surface area contributed by atoms with E-state index >= 15 is 0 Å². The first kappa shape index (κ1) is 10.2. The van der Waals surface area contributed by atoms with Crippen LogP contribution in [0.2, 0.25) is 0 Å². The molecule has 4 nitrogen and oxygen atoms in total. The van der Waals surface area contributed by atoms with Gasteiger partial charge >= 0.3 is 7.60 Å². The summed E-state index contributed by atoms with van der Waals surface area (Å²) in [7, 11) is -0.181. The monoisotopic (exact) mass is 194 g/mol. The molecule has 72 valence electrons. The quantitative estimate of drug-likeness (QED) is 0.689. The van der Waals surface area contributed by atoms with Gasteiger partial charge in [0.15, 0.2) is 0 Å². The van der Waals surface area contributed by atoms with Gasteiger partial charge in [-0.05, 0) is 19.8 Å². The fraction of sp³-hybridized carbons (Fsp3) is 1.00. The first-order chi connectivity index (χ1) is 5.43. The standard InChI is InChI=1S/C7H15O4P/c1-7(8)4-6(5-7)12(9,10-2)11-3/h6,8H,4-5H2,1-3H3. The van der Waals surface area contributed by atoms with E-state index in [1.54, 1.807) is 6.92 Å². The van der Waals surface area contributed by atoms with E-state index in [0.29, 0.717) is 12.8 Å². The number of hydrogen-bond acceptors (Lipinski definition) is 4. The van der Waals surface area contributed by atoms with E-state index in [9.17, 15) is 9.67 Å². The summed E-state index contributed by atoms with van der Waals surface area (Å²) in [6.45, 7) is 1.72. The van der Waals surface area contributed by atoms with Gasteiger partial charge in [-0.2, -0.15) is 0 Å². The highest BCUT2D eigenvalue weighted by atomic mass is 31.2. The maximum Gasteiger partial charge on any atom is 0.333 e. The van der Waals surface area contributed by atoms with Gasteiger partial charge in [-0.25, -0.2) is 0 Å². The summed E-state index contributed by atoms with van der Waals surface area (Å²) >= 11 is 0.